The molecule has 0 heterocycles. The van der Waals surface area contributed by atoms with E-state index in [1.807, 2.05) is 0 Å². The summed E-state index contributed by atoms with van der Waals surface area (Å²) in [6.07, 6.45) is 44.4. The molecule has 0 aromatic heterocycles. The molecule has 316 valence electrons. The lowest BCUT2D eigenvalue weighted by Crippen LogP contribution is -2.29. The van der Waals surface area contributed by atoms with Crippen LogP contribution in [0, 0.1) is 0 Å². The number of unbranched alkanes of at least 4 members (excludes halogenated alkanes) is 12. The van der Waals surface area contributed by atoms with Gasteiger partial charge in [-0.2, -0.15) is 0 Å². The number of phosphoric ester groups is 1. The molecule has 0 aliphatic rings. The van der Waals surface area contributed by atoms with Crippen LogP contribution in [-0.2, 0) is 32.7 Å². The standard InChI is InChI=1S/C44H75O10P/c1-3-5-7-9-11-13-15-17-19-20-22-24-26-28-30-32-34-36-44(48)54-42(40-53-55(49,50)52-38-41(46)37-45)39-51-43(47)35-33-31-29-27-25-23-21-18-16-14-12-10-8-6-4-2/h11-14,17-19,21-22,24-25,27,41-42,45-46H,3-10,15-16,20,23,26,28-40H2,1-2H3,(H,49,50)/b13-11+,14-12+,19-17+,21-18+,24-22+,27-25+/t41-,42+/m0/s1. The van der Waals surface area contributed by atoms with Crippen molar-refractivity contribution in [1.82, 2.24) is 0 Å². The van der Waals surface area contributed by atoms with E-state index in [1.54, 1.807) is 0 Å². The number of carbonyl (C=O) groups is 2. The first kappa shape index (κ1) is 52.4. The number of allylic oxidation sites excluding steroid dienone is 12. The summed E-state index contributed by atoms with van der Waals surface area (Å²) in [5, 5.41) is 18.3. The second-order valence-corrected chi connectivity index (χ2v) is 15.1. The van der Waals surface area contributed by atoms with Crippen LogP contribution in [0.3, 0.4) is 0 Å². The van der Waals surface area contributed by atoms with Crippen LogP contribution >= 0.6 is 7.82 Å². The molecule has 55 heavy (non-hydrogen) atoms. The first-order valence-electron chi connectivity index (χ1n) is 20.9. The summed E-state index contributed by atoms with van der Waals surface area (Å²) >= 11 is 0. The van der Waals surface area contributed by atoms with Gasteiger partial charge in [0.1, 0.15) is 12.7 Å². The third-order valence-corrected chi connectivity index (χ3v) is 9.28. The topological polar surface area (TPSA) is 149 Å². The summed E-state index contributed by atoms with van der Waals surface area (Å²) in [6.45, 7) is 2.23. The van der Waals surface area contributed by atoms with E-state index in [0.29, 0.717) is 12.8 Å². The largest absolute Gasteiger partial charge is 0.472 e. The number of rotatable bonds is 38. The van der Waals surface area contributed by atoms with Gasteiger partial charge in [0.05, 0.1) is 19.8 Å². The quantitative estimate of drug-likeness (QED) is 0.0239. The smallest absolute Gasteiger partial charge is 0.462 e. The van der Waals surface area contributed by atoms with Gasteiger partial charge in [-0.15, -0.1) is 0 Å². The molecular weight excluding hydrogens is 719 g/mol. The number of esters is 2. The molecule has 11 heteroatoms. The van der Waals surface area contributed by atoms with Crippen LogP contribution in [0.5, 0.6) is 0 Å². The normalized spacial score (nSPS) is 14.6. The van der Waals surface area contributed by atoms with Gasteiger partial charge in [-0.1, -0.05) is 125 Å². The summed E-state index contributed by atoms with van der Waals surface area (Å²) in [5.74, 6) is -1.00. The molecule has 0 aromatic rings. The number of aliphatic hydroxyl groups excluding tert-OH is 2. The Bertz CT molecular complexity index is 1140. The van der Waals surface area contributed by atoms with Gasteiger partial charge in [0.2, 0.25) is 0 Å². The van der Waals surface area contributed by atoms with Crippen molar-refractivity contribution in [3.63, 3.8) is 0 Å². The molecule has 0 amide bonds. The van der Waals surface area contributed by atoms with E-state index >= 15 is 0 Å². The third kappa shape index (κ3) is 39.4. The van der Waals surface area contributed by atoms with Gasteiger partial charge >= 0.3 is 19.8 Å². The minimum atomic E-state index is -4.63. The average Bonchev–Trinajstić information content (AvgIpc) is 3.17. The first-order valence-corrected chi connectivity index (χ1v) is 22.4. The number of carbonyl (C=O) groups excluding carboxylic acids is 2. The van der Waals surface area contributed by atoms with Crippen LogP contribution in [0.4, 0.5) is 0 Å². The maximum absolute atomic E-state index is 12.6. The molecule has 0 fully saturated rings. The Morgan fingerprint density at radius 3 is 1.44 bits per heavy atom. The lowest BCUT2D eigenvalue weighted by molar-refractivity contribution is -0.161. The average molecular weight is 795 g/mol. The number of hydrogen-bond donors (Lipinski definition) is 3. The highest BCUT2D eigenvalue weighted by Gasteiger charge is 2.27. The molecule has 0 rings (SSSR count). The fourth-order valence-corrected chi connectivity index (χ4v) is 5.85. The maximum atomic E-state index is 12.6. The maximum Gasteiger partial charge on any atom is 0.472 e. The fraction of sp³-hybridized carbons (Fsp3) is 0.682. The van der Waals surface area contributed by atoms with Crippen molar-refractivity contribution >= 4 is 19.8 Å². The molecule has 0 aliphatic heterocycles. The molecule has 0 spiro atoms. The minimum Gasteiger partial charge on any atom is -0.462 e. The Kier molecular flexibility index (Phi) is 37.8. The summed E-state index contributed by atoms with van der Waals surface area (Å²) in [4.78, 5) is 34.9. The molecule has 0 saturated heterocycles. The first-order chi connectivity index (χ1) is 26.7. The van der Waals surface area contributed by atoms with Crippen LogP contribution in [0.1, 0.15) is 155 Å². The summed E-state index contributed by atoms with van der Waals surface area (Å²) in [5.41, 5.74) is 0. The van der Waals surface area contributed by atoms with E-state index in [1.165, 1.54) is 38.5 Å². The summed E-state index contributed by atoms with van der Waals surface area (Å²) in [7, 11) is -4.63. The van der Waals surface area contributed by atoms with Gasteiger partial charge in [0, 0.05) is 12.8 Å². The molecule has 0 radical (unpaired) electrons. The molecule has 3 N–H and O–H groups in total. The Morgan fingerprint density at radius 1 is 0.545 bits per heavy atom. The van der Waals surface area contributed by atoms with E-state index in [2.05, 4.69) is 91.3 Å². The van der Waals surface area contributed by atoms with Crippen molar-refractivity contribution in [2.75, 3.05) is 26.4 Å². The Labute approximate surface area is 333 Å². The molecular formula is C44H75O10P. The summed E-state index contributed by atoms with van der Waals surface area (Å²) < 4.78 is 32.6. The van der Waals surface area contributed by atoms with Gasteiger partial charge in [0.15, 0.2) is 6.10 Å². The Balaban J connectivity index is 4.45. The van der Waals surface area contributed by atoms with Crippen molar-refractivity contribution in [2.24, 2.45) is 0 Å². The SMILES string of the molecule is CCCCC/C=C/C/C=C/C/C=C/CCCCCCC(=O)O[C@H](COC(=O)CCCC/C=C/C/C=C/C/C=C/CCCCC)COP(=O)(O)OC[C@@H](O)CO. The van der Waals surface area contributed by atoms with Gasteiger partial charge in [-0.3, -0.25) is 18.6 Å². The number of ether oxygens (including phenoxy) is 2. The van der Waals surface area contributed by atoms with Crippen LogP contribution < -0.4 is 0 Å². The van der Waals surface area contributed by atoms with Gasteiger partial charge in [-0.25, -0.2) is 4.57 Å². The van der Waals surface area contributed by atoms with Crippen LogP contribution in [0.15, 0.2) is 72.9 Å². The van der Waals surface area contributed by atoms with Crippen molar-refractivity contribution in [1.29, 1.82) is 0 Å². The van der Waals surface area contributed by atoms with Crippen LogP contribution in [0.2, 0.25) is 0 Å². The Hall–Kier alpha value is -2.59. The molecule has 3 atom stereocenters. The van der Waals surface area contributed by atoms with Crippen molar-refractivity contribution in [2.45, 2.75) is 167 Å². The zero-order valence-electron chi connectivity index (χ0n) is 34.1. The lowest BCUT2D eigenvalue weighted by Gasteiger charge is -2.20. The molecule has 0 saturated carbocycles. The molecule has 10 nitrogen and oxygen atoms in total. The lowest BCUT2D eigenvalue weighted by atomic mass is 10.1. The van der Waals surface area contributed by atoms with Crippen molar-refractivity contribution < 1.29 is 47.8 Å². The van der Waals surface area contributed by atoms with Crippen molar-refractivity contribution in [3.8, 4) is 0 Å². The second-order valence-electron chi connectivity index (χ2n) is 13.7. The zero-order valence-corrected chi connectivity index (χ0v) is 35.0. The van der Waals surface area contributed by atoms with Crippen molar-refractivity contribution in [3.05, 3.63) is 72.9 Å². The predicted molar refractivity (Wildman–Crippen MR) is 223 cm³/mol. The third-order valence-electron chi connectivity index (χ3n) is 8.33. The number of hydrogen-bond acceptors (Lipinski definition) is 9. The van der Waals surface area contributed by atoms with Crippen LogP contribution in [-0.4, -0.2) is 65.7 Å². The van der Waals surface area contributed by atoms with E-state index in [0.717, 1.165) is 77.0 Å². The van der Waals surface area contributed by atoms with E-state index in [4.69, 9.17) is 19.1 Å². The van der Waals surface area contributed by atoms with Crippen LogP contribution in [0.25, 0.3) is 0 Å². The Morgan fingerprint density at radius 2 is 0.945 bits per heavy atom. The highest BCUT2D eigenvalue weighted by molar-refractivity contribution is 7.47. The molecule has 0 aromatic carbocycles. The zero-order chi connectivity index (χ0) is 40.5. The number of aliphatic hydroxyl groups is 2. The highest BCUT2D eigenvalue weighted by atomic mass is 31.2. The highest BCUT2D eigenvalue weighted by Crippen LogP contribution is 2.43. The predicted octanol–water partition coefficient (Wildman–Crippen LogP) is 10.9. The van der Waals surface area contributed by atoms with Gasteiger partial charge in [0.25, 0.3) is 0 Å². The monoisotopic (exact) mass is 795 g/mol. The second kappa shape index (κ2) is 39.6. The van der Waals surface area contributed by atoms with E-state index < -0.39 is 51.8 Å². The van der Waals surface area contributed by atoms with E-state index in [-0.39, 0.29) is 19.4 Å². The molecule has 0 bridgehead atoms. The van der Waals surface area contributed by atoms with E-state index in [9.17, 15) is 24.2 Å². The molecule has 0 aliphatic carbocycles. The summed E-state index contributed by atoms with van der Waals surface area (Å²) in [6, 6.07) is 0. The fourth-order valence-electron chi connectivity index (χ4n) is 5.06. The molecule has 1 unspecified atom stereocenters. The van der Waals surface area contributed by atoms with Gasteiger partial charge < -0.3 is 24.6 Å². The van der Waals surface area contributed by atoms with Gasteiger partial charge in [-0.05, 0) is 89.9 Å². The number of phosphoric acid groups is 1. The minimum absolute atomic E-state index is 0.146.